The van der Waals surface area contributed by atoms with Crippen LogP contribution in [0.3, 0.4) is 0 Å². The van der Waals surface area contributed by atoms with Crippen molar-refractivity contribution in [3.8, 4) is 29.3 Å². The van der Waals surface area contributed by atoms with Crippen LogP contribution in [0.25, 0.3) is 10.8 Å². The molecule has 9 rings (SSSR count). The van der Waals surface area contributed by atoms with E-state index in [1.807, 2.05) is 42.5 Å². The minimum Gasteiger partial charge on any atom is -0.508 e. The number of fused-ring (bicyclic) bond motifs is 1. The Balaban J connectivity index is 1.12. The zero-order valence-electron chi connectivity index (χ0n) is 34.1. The highest BCUT2D eigenvalue weighted by Crippen LogP contribution is 2.44. The second kappa shape index (κ2) is 18.9. The molecule has 0 saturated carbocycles. The van der Waals surface area contributed by atoms with E-state index in [9.17, 15) is 20.1 Å². The summed E-state index contributed by atoms with van der Waals surface area (Å²) >= 11 is 0. The molecule has 304 valence electrons. The molecule has 0 aromatic heterocycles. The lowest BCUT2D eigenvalue weighted by Gasteiger charge is -2.28. The number of carbonyl (C=O) groups is 1. The standard InChI is InChI=1S/C50H57NO7/c1-4-36-28-46(55)50-38-14-15-39-22-35(24-45(36)49(39)50)31-58-48-25-34(13-19-47(48)56-3)12-17-43(54)29-44(57-21-20-38)27-40-26-42(53)18-16-37(40)10-6-5-8-33-9-7-11-41(23-33)51-30-32(2)52/h7,9,11,13,16,18-19,22-26,28,32,37-38,40,44,51-53,55H,4-6,8,10,12,14-15,17,27,29-31H2,1-3H3. The molecule has 3 heterocycles. The Labute approximate surface area is 342 Å². The fourth-order valence-corrected chi connectivity index (χ4v) is 8.89. The van der Waals surface area contributed by atoms with Gasteiger partial charge in [0.25, 0.3) is 0 Å². The normalized spacial score (nSPS) is 20.9. The van der Waals surface area contributed by atoms with Gasteiger partial charge in [-0.1, -0.05) is 49.6 Å². The number of phenols is 1. The Morgan fingerprint density at radius 2 is 1.88 bits per heavy atom. The monoisotopic (exact) mass is 783 g/mol. The number of rotatable bonds is 12. The number of hydrogen-bond acceptors (Lipinski definition) is 8. The first-order valence-electron chi connectivity index (χ1n) is 21.0. The van der Waals surface area contributed by atoms with E-state index < -0.39 is 12.2 Å². The number of aliphatic hydroxyl groups is 2. The third-order valence-electron chi connectivity index (χ3n) is 11.9. The molecule has 8 nitrogen and oxygen atoms in total. The number of carbonyl (C=O) groups excluding carboxylic acids is 1. The number of anilines is 1. The van der Waals surface area contributed by atoms with Crippen molar-refractivity contribution in [2.45, 2.75) is 109 Å². The van der Waals surface area contributed by atoms with Gasteiger partial charge in [0.15, 0.2) is 11.5 Å². The Morgan fingerprint density at radius 3 is 2.71 bits per heavy atom. The van der Waals surface area contributed by atoms with Gasteiger partial charge in [0, 0.05) is 30.6 Å². The third kappa shape index (κ3) is 10.00. The summed E-state index contributed by atoms with van der Waals surface area (Å²) in [5, 5.41) is 37.2. The molecule has 8 bridgehead atoms. The number of Topliss-reactive ketones (excluding diaryl/α,β-unsaturated/α-hetero) is 1. The molecular formula is C50H57NO7. The first kappa shape index (κ1) is 40.8. The van der Waals surface area contributed by atoms with Crippen LogP contribution in [0.5, 0.6) is 17.2 Å². The van der Waals surface area contributed by atoms with Crippen molar-refractivity contribution in [1.82, 2.24) is 0 Å². The number of ketones is 1. The summed E-state index contributed by atoms with van der Waals surface area (Å²) in [6.45, 7) is 4.75. The molecule has 4 N–H and O–H groups in total. The second-order valence-corrected chi connectivity index (χ2v) is 16.3. The van der Waals surface area contributed by atoms with Crippen molar-refractivity contribution in [2.75, 3.05) is 19.0 Å². The molecule has 8 heteroatoms. The Morgan fingerprint density at radius 1 is 1.00 bits per heavy atom. The first-order valence-corrected chi connectivity index (χ1v) is 21.0. The lowest BCUT2D eigenvalue weighted by molar-refractivity contribution is -0.121. The largest absolute Gasteiger partial charge is 0.508 e. The summed E-state index contributed by atoms with van der Waals surface area (Å²) < 4.78 is 18.4. The highest BCUT2D eigenvalue weighted by Gasteiger charge is 2.29. The van der Waals surface area contributed by atoms with Gasteiger partial charge in [-0.25, -0.2) is 0 Å². The number of methoxy groups -OCH3 is 1. The van der Waals surface area contributed by atoms with E-state index in [4.69, 9.17) is 14.2 Å². The maximum Gasteiger partial charge on any atom is 0.161 e. The maximum absolute atomic E-state index is 13.7. The number of ether oxygens (including phenoxy) is 3. The average molecular weight is 784 g/mol. The number of allylic oxidation sites excluding steroid dienone is 3. The molecule has 0 amide bonds. The van der Waals surface area contributed by atoms with Crippen LogP contribution < -0.4 is 14.8 Å². The zero-order chi connectivity index (χ0) is 40.6. The summed E-state index contributed by atoms with van der Waals surface area (Å²) in [5.41, 5.74) is 7.40. The van der Waals surface area contributed by atoms with Crippen LogP contribution >= 0.6 is 0 Å². The number of aliphatic hydroxyl groups excluding tert-OH is 2. The molecule has 5 atom stereocenters. The molecule has 0 radical (unpaired) electrons. The van der Waals surface area contributed by atoms with Crippen LogP contribution in [0, 0.1) is 23.9 Å². The van der Waals surface area contributed by atoms with Gasteiger partial charge in [0.05, 0.1) is 19.1 Å². The van der Waals surface area contributed by atoms with Gasteiger partial charge in [0.1, 0.15) is 36.1 Å². The van der Waals surface area contributed by atoms with Crippen LogP contribution in [-0.2, 0) is 41.8 Å². The topological polar surface area (TPSA) is 117 Å². The zero-order valence-corrected chi connectivity index (χ0v) is 34.1. The van der Waals surface area contributed by atoms with E-state index in [0.29, 0.717) is 43.9 Å². The lowest BCUT2D eigenvalue weighted by atomic mass is 9.79. The van der Waals surface area contributed by atoms with Crippen molar-refractivity contribution in [2.24, 2.45) is 11.8 Å². The SMILES string of the molecule is CCc1cc(O)c2c3c4cc(cc13)COc1cc(ccc1OC)CCC(=O)CC(CC1C=C(O)C=CC1CCCCc1cccc(NCC(C)O)c1)OC#CC2CC4. The number of benzene rings is 4. The quantitative estimate of drug-likeness (QED) is 0.0829. The van der Waals surface area contributed by atoms with Gasteiger partial charge in [0.2, 0.25) is 0 Å². The number of hydrogen-bond donors (Lipinski definition) is 4. The van der Waals surface area contributed by atoms with Gasteiger partial charge in [-0.15, -0.1) is 0 Å². The predicted octanol–water partition coefficient (Wildman–Crippen LogP) is 9.82. The van der Waals surface area contributed by atoms with Crippen LogP contribution in [0.4, 0.5) is 5.69 Å². The van der Waals surface area contributed by atoms with E-state index >= 15 is 0 Å². The average Bonchev–Trinajstić information content (AvgIpc) is 3.22. The van der Waals surface area contributed by atoms with Gasteiger partial charge in [-0.3, -0.25) is 4.79 Å². The van der Waals surface area contributed by atoms with E-state index in [-0.39, 0.29) is 41.5 Å². The molecule has 2 aliphatic carbocycles. The summed E-state index contributed by atoms with van der Waals surface area (Å²) in [6, 6.07) is 20.5. The lowest BCUT2D eigenvalue weighted by Crippen LogP contribution is -2.24. The molecule has 0 saturated heterocycles. The van der Waals surface area contributed by atoms with Crippen molar-refractivity contribution in [1.29, 1.82) is 0 Å². The molecule has 3 aliphatic heterocycles. The molecule has 4 aromatic carbocycles. The summed E-state index contributed by atoms with van der Waals surface area (Å²) in [5.74, 6) is 5.14. The number of unbranched alkanes of at least 4 members (excludes halogenated alkanes) is 1. The number of phenolic OH excluding ortho intramolecular Hbond substituents is 1. The fourth-order valence-electron chi connectivity index (χ4n) is 8.89. The van der Waals surface area contributed by atoms with E-state index in [2.05, 4.69) is 54.6 Å². The van der Waals surface area contributed by atoms with Crippen molar-refractivity contribution in [3.05, 3.63) is 118 Å². The summed E-state index contributed by atoms with van der Waals surface area (Å²) in [4.78, 5) is 13.7. The van der Waals surface area contributed by atoms with Gasteiger partial charge in [-0.2, -0.15) is 0 Å². The maximum atomic E-state index is 13.7. The highest BCUT2D eigenvalue weighted by atomic mass is 16.5. The Bertz CT molecular complexity index is 2230. The highest BCUT2D eigenvalue weighted by molar-refractivity contribution is 5.95. The van der Waals surface area contributed by atoms with Crippen LogP contribution in [0.1, 0.15) is 98.1 Å². The van der Waals surface area contributed by atoms with Crippen molar-refractivity contribution in [3.63, 3.8) is 0 Å². The van der Waals surface area contributed by atoms with E-state index in [1.165, 1.54) is 11.1 Å². The van der Waals surface area contributed by atoms with Crippen molar-refractivity contribution < 1.29 is 34.3 Å². The van der Waals surface area contributed by atoms with Gasteiger partial charge in [-0.05, 0) is 157 Å². The fraction of sp³-hybridized carbons (Fsp3) is 0.420. The minimum atomic E-state index is -0.480. The number of aromatic hydroxyl groups is 1. The summed E-state index contributed by atoms with van der Waals surface area (Å²) in [7, 11) is 1.63. The molecule has 5 aliphatic rings. The molecule has 5 unspecified atom stereocenters. The molecule has 58 heavy (non-hydrogen) atoms. The van der Waals surface area contributed by atoms with E-state index in [1.54, 1.807) is 20.1 Å². The summed E-state index contributed by atoms with van der Waals surface area (Å²) in [6.07, 6.45) is 15.8. The predicted molar refractivity (Wildman–Crippen MR) is 230 cm³/mol. The van der Waals surface area contributed by atoms with Crippen molar-refractivity contribution >= 4 is 22.2 Å². The smallest absolute Gasteiger partial charge is 0.161 e. The molecule has 0 spiro atoms. The molecule has 0 fully saturated rings. The van der Waals surface area contributed by atoms with Crippen LogP contribution in [-0.4, -0.2) is 47.0 Å². The van der Waals surface area contributed by atoms with Crippen LogP contribution in [0.15, 0.2) is 84.7 Å². The Hall–Kier alpha value is -5.39. The minimum absolute atomic E-state index is 0.0264. The molecular weight excluding hydrogens is 727 g/mol. The third-order valence-corrected chi connectivity index (χ3v) is 11.9. The van der Waals surface area contributed by atoms with E-state index in [0.717, 1.165) is 83.7 Å². The first-order chi connectivity index (χ1) is 28.2. The van der Waals surface area contributed by atoms with Gasteiger partial charge >= 0.3 is 0 Å². The number of nitrogens with one attached hydrogen (secondary N) is 1. The van der Waals surface area contributed by atoms with Crippen LogP contribution in [0.2, 0.25) is 0 Å². The second-order valence-electron chi connectivity index (χ2n) is 16.3. The van der Waals surface area contributed by atoms with Gasteiger partial charge < -0.3 is 34.8 Å². The number of aryl methyl sites for hydroxylation is 4. The Kier molecular flexibility index (Phi) is 13.3. The molecule has 4 aromatic rings.